The van der Waals surface area contributed by atoms with Crippen LogP contribution < -0.4 is 10.7 Å². The van der Waals surface area contributed by atoms with Crippen molar-refractivity contribution in [2.24, 2.45) is 0 Å². The van der Waals surface area contributed by atoms with Gasteiger partial charge in [0.2, 0.25) is 0 Å². The number of aromatic amines is 1. The zero-order valence-corrected chi connectivity index (χ0v) is 10.4. The SMILES string of the molecule is O=C(O)c1cn(CCNC(=O)c2c[nH]ccc2=O)cn1. The summed E-state index contributed by atoms with van der Waals surface area (Å²) in [6, 6.07) is 1.27. The largest absolute Gasteiger partial charge is 0.476 e. The Bertz CT molecular complexity index is 689. The van der Waals surface area contributed by atoms with Crippen molar-refractivity contribution in [1.29, 1.82) is 0 Å². The number of aromatic nitrogens is 3. The molecule has 0 spiro atoms. The number of hydrogen-bond donors (Lipinski definition) is 3. The fourth-order valence-corrected chi connectivity index (χ4v) is 1.58. The lowest BCUT2D eigenvalue weighted by Crippen LogP contribution is -2.30. The first-order valence-corrected chi connectivity index (χ1v) is 5.78. The topological polar surface area (TPSA) is 117 Å². The van der Waals surface area contributed by atoms with Gasteiger partial charge in [-0.15, -0.1) is 0 Å². The fraction of sp³-hybridized carbons (Fsp3) is 0.167. The van der Waals surface area contributed by atoms with Crippen LogP contribution in [0.5, 0.6) is 0 Å². The standard InChI is InChI=1S/C12H12N4O4/c17-10-1-2-13-5-8(10)11(18)14-3-4-16-6-9(12(19)20)15-7-16/h1-2,5-7H,3-4H2,(H,13,17)(H,14,18)(H,19,20). The molecule has 0 saturated carbocycles. The Morgan fingerprint density at radius 2 is 2.25 bits per heavy atom. The third kappa shape index (κ3) is 3.10. The highest BCUT2D eigenvalue weighted by Crippen LogP contribution is 1.95. The van der Waals surface area contributed by atoms with E-state index >= 15 is 0 Å². The zero-order chi connectivity index (χ0) is 14.5. The Morgan fingerprint density at radius 3 is 2.90 bits per heavy atom. The van der Waals surface area contributed by atoms with Crippen molar-refractivity contribution in [2.45, 2.75) is 6.54 Å². The van der Waals surface area contributed by atoms with Crippen molar-refractivity contribution >= 4 is 11.9 Å². The van der Waals surface area contributed by atoms with Gasteiger partial charge in [-0.1, -0.05) is 0 Å². The van der Waals surface area contributed by atoms with Gasteiger partial charge in [-0.05, 0) is 0 Å². The van der Waals surface area contributed by atoms with Crippen LogP contribution in [0.3, 0.4) is 0 Å². The van der Waals surface area contributed by atoms with Crippen LogP contribution in [0, 0.1) is 0 Å². The molecule has 104 valence electrons. The van der Waals surface area contributed by atoms with Crippen LogP contribution >= 0.6 is 0 Å². The molecule has 8 nitrogen and oxygen atoms in total. The third-order valence-electron chi connectivity index (χ3n) is 2.58. The molecular formula is C12H12N4O4. The molecular weight excluding hydrogens is 264 g/mol. The number of amides is 1. The number of H-pyrrole nitrogens is 1. The van der Waals surface area contributed by atoms with E-state index in [1.807, 2.05) is 0 Å². The Labute approximate surface area is 113 Å². The highest BCUT2D eigenvalue weighted by molar-refractivity contribution is 5.93. The predicted molar refractivity (Wildman–Crippen MR) is 68.6 cm³/mol. The summed E-state index contributed by atoms with van der Waals surface area (Å²) in [5.41, 5.74) is -0.391. The molecule has 0 aliphatic heterocycles. The number of nitrogens with one attached hydrogen (secondary N) is 2. The number of rotatable bonds is 5. The summed E-state index contributed by atoms with van der Waals surface area (Å²) in [5.74, 6) is -1.59. The summed E-state index contributed by atoms with van der Waals surface area (Å²) in [5, 5.41) is 11.3. The van der Waals surface area contributed by atoms with Crippen molar-refractivity contribution in [3.63, 3.8) is 0 Å². The number of aromatic carboxylic acids is 1. The molecule has 0 radical (unpaired) electrons. The maximum Gasteiger partial charge on any atom is 0.356 e. The lowest BCUT2D eigenvalue weighted by molar-refractivity contribution is 0.0690. The van der Waals surface area contributed by atoms with Crippen LogP contribution in [0.15, 0.2) is 35.8 Å². The summed E-state index contributed by atoms with van der Waals surface area (Å²) >= 11 is 0. The van der Waals surface area contributed by atoms with Crippen molar-refractivity contribution in [1.82, 2.24) is 19.9 Å². The summed E-state index contributed by atoms with van der Waals surface area (Å²) in [7, 11) is 0. The van der Waals surface area contributed by atoms with Crippen molar-refractivity contribution in [2.75, 3.05) is 6.54 Å². The van der Waals surface area contributed by atoms with E-state index in [0.717, 1.165) is 0 Å². The third-order valence-corrected chi connectivity index (χ3v) is 2.58. The Kier molecular flexibility index (Phi) is 3.94. The number of imidazole rings is 1. The van der Waals surface area contributed by atoms with Crippen molar-refractivity contribution in [3.8, 4) is 0 Å². The van der Waals surface area contributed by atoms with Gasteiger partial charge in [0.25, 0.3) is 5.91 Å². The molecule has 2 aromatic rings. The van der Waals surface area contributed by atoms with E-state index in [1.165, 1.54) is 31.0 Å². The molecule has 0 aromatic carbocycles. The quantitative estimate of drug-likeness (QED) is 0.693. The lowest BCUT2D eigenvalue weighted by atomic mass is 10.2. The van der Waals surface area contributed by atoms with E-state index in [9.17, 15) is 14.4 Å². The minimum atomic E-state index is -1.11. The van der Waals surface area contributed by atoms with E-state index in [-0.39, 0.29) is 23.2 Å². The number of nitrogens with zero attached hydrogens (tertiary/aromatic N) is 2. The maximum absolute atomic E-state index is 11.7. The Morgan fingerprint density at radius 1 is 1.45 bits per heavy atom. The number of carboxylic acid groups (broad SMARTS) is 1. The average molecular weight is 276 g/mol. The van der Waals surface area contributed by atoms with Crippen LogP contribution in [0.4, 0.5) is 0 Å². The van der Waals surface area contributed by atoms with E-state index in [1.54, 1.807) is 4.57 Å². The summed E-state index contributed by atoms with van der Waals surface area (Å²) in [6.45, 7) is 0.610. The summed E-state index contributed by atoms with van der Waals surface area (Å²) in [6.07, 6.45) is 5.50. The molecule has 2 aromatic heterocycles. The normalized spacial score (nSPS) is 10.2. The van der Waals surface area contributed by atoms with E-state index in [2.05, 4.69) is 15.3 Å². The second-order valence-electron chi connectivity index (χ2n) is 3.98. The molecule has 0 saturated heterocycles. The van der Waals surface area contributed by atoms with Crippen molar-refractivity contribution in [3.05, 3.63) is 52.5 Å². The maximum atomic E-state index is 11.7. The van der Waals surface area contributed by atoms with E-state index in [4.69, 9.17) is 5.11 Å². The minimum absolute atomic E-state index is 0.0318. The van der Waals surface area contributed by atoms with Gasteiger partial charge in [0.15, 0.2) is 11.1 Å². The molecule has 8 heteroatoms. The first kappa shape index (κ1) is 13.5. The molecule has 1 amide bonds. The number of carbonyl (C=O) groups is 2. The molecule has 0 unspecified atom stereocenters. The Balaban J connectivity index is 1.89. The number of carboxylic acids is 1. The van der Waals surface area contributed by atoms with Crippen LogP contribution in [0.2, 0.25) is 0 Å². The van der Waals surface area contributed by atoms with Gasteiger partial charge in [0.1, 0.15) is 5.56 Å². The van der Waals surface area contributed by atoms with Gasteiger partial charge in [0, 0.05) is 37.7 Å². The predicted octanol–water partition coefficient (Wildman–Crippen LogP) is -0.300. The van der Waals surface area contributed by atoms with Crippen LogP contribution in [0.1, 0.15) is 20.8 Å². The van der Waals surface area contributed by atoms with Crippen LogP contribution in [-0.2, 0) is 6.54 Å². The number of carbonyl (C=O) groups excluding carboxylic acids is 1. The first-order valence-electron chi connectivity index (χ1n) is 5.78. The minimum Gasteiger partial charge on any atom is -0.476 e. The smallest absolute Gasteiger partial charge is 0.356 e. The van der Waals surface area contributed by atoms with E-state index in [0.29, 0.717) is 6.54 Å². The van der Waals surface area contributed by atoms with Gasteiger partial charge in [-0.25, -0.2) is 9.78 Å². The second kappa shape index (κ2) is 5.83. The van der Waals surface area contributed by atoms with Gasteiger partial charge in [-0.2, -0.15) is 0 Å². The molecule has 2 heterocycles. The molecule has 0 aliphatic carbocycles. The number of hydrogen-bond acceptors (Lipinski definition) is 4. The van der Waals surface area contributed by atoms with Gasteiger partial charge in [0.05, 0.1) is 6.33 Å². The average Bonchev–Trinajstić information content (AvgIpc) is 2.88. The molecule has 20 heavy (non-hydrogen) atoms. The molecule has 0 atom stereocenters. The number of pyridine rings is 1. The zero-order valence-electron chi connectivity index (χ0n) is 10.4. The van der Waals surface area contributed by atoms with Gasteiger partial charge < -0.3 is 20.0 Å². The lowest BCUT2D eigenvalue weighted by Gasteiger charge is -2.05. The molecule has 3 N–H and O–H groups in total. The van der Waals surface area contributed by atoms with E-state index < -0.39 is 11.9 Å². The summed E-state index contributed by atoms with van der Waals surface area (Å²) < 4.78 is 1.54. The van der Waals surface area contributed by atoms with Crippen LogP contribution in [-0.4, -0.2) is 38.1 Å². The van der Waals surface area contributed by atoms with Crippen molar-refractivity contribution < 1.29 is 14.7 Å². The second-order valence-corrected chi connectivity index (χ2v) is 3.98. The van der Waals surface area contributed by atoms with Crippen LogP contribution in [0.25, 0.3) is 0 Å². The first-order chi connectivity index (χ1) is 9.58. The summed E-state index contributed by atoms with van der Waals surface area (Å²) in [4.78, 5) is 40.1. The Hall–Kier alpha value is -2.90. The fourth-order valence-electron chi connectivity index (χ4n) is 1.58. The molecule has 0 aliphatic rings. The highest BCUT2D eigenvalue weighted by Gasteiger charge is 2.09. The van der Waals surface area contributed by atoms with Gasteiger partial charge >= 0.3 is 5.97 Å². The molecule has 2 rings (SSSR count). The molecule has 0 bridgehead atoms. The monoisotopic (exact) mass is 276 g/mol. The molecule has 0 fully saturated rings. The van der Waals surface area contributed by atoms with Gasteiger partial charge in [-0.3, -0.25) is 9.59 Å². The highest BCUT2D eigenvalue weighted by atomic mass is 16.4.